The number of sulfonamides is 1. The maximum Gasteiger partial charge on any atom is 0.243 e. The molecule has 1 fully saturated rings. The molecule has 1 N–H and O–H groups in total. The van der Waals surface area contributed by atoms with Gasteiger partial charge in [0.15, 0.2) is 0 Å². The Morgan fingerprint density at radius 1 is 1.15 bits per heavy atom. The van der Waals surface area contributed by atoms with E-state index in [9.17, 15) is 13.2 Å². The van der Waals surface area contributed by atoms with Gasteiger partial charge in [-0.2, -0.15) is 4.31 Å². The Morgan fingerprint density at radius 2 is 1.85 bits per heavy atom. The molecular weight excluding hydrogens is 475 g/mol. The van der Waals surface area contributed by atoms with Crippen molar-refractivity contribution < 1.29 is 13.2 Å². The molecule has 144 valence electrons. The van der Waals surface area contributed by atoms with Crippen LogP contribution < -0.4 is 5.32 Å². The van der Waals surface area contributed by atoms with Crippen LogP contribution in [0.3, 0.4) is 0 Å². The molecule has 3 rings (SSSR count). The van der Waals surface area contributed by atoms with Crippen LogP contribution in [0.25, 0.3) is 0 Å². The highest BCUT2D eigenvalue weighted by molar-refractivity contribution is 9.10. The molecule has 27 heavy (non-hydrogen) atoms. The number of carbonyl (C=O) groups excluding carboxylic acids is 1. The molecule has 9 heteroatoms. The fourth-order valence-corrected chi connectivity index (χ4v) is 5.03. The Labute approximate surface area is 176 Å². The summed E-state index contributed by atoms with van der Waals surface area (Å²) in [5.41, 5.74) is 0.575. The van der Waals surface area contributed by atoms with E-state index in [0.29, 0.717) is 35.1 Å². The average molecular weight is 492 g/mol. The minimum Gasteiger partial charge on any atom is -0.326 e. The lowest BCUT2D eigenvalue weighted by Gasteiger charge is -2.31. The smallest absolute Gasteiger partial charge is 0.243 e. The number of anilines is 1. The molecule has 0 aromatic heterocycles. The zero-order chi connectivity index (χ0) is 19.6. The zero-order valence-electron chi connectivity index (χ0n) is 14.2. The molecule has 1 aliphatic rings. The first-order valence-corrected chi connectivity index (χ1v) is 11.3. The third-order valence-corrected chi connectivity index (χ3v) is 7.76. The second-order valence-electron chi connectivity index (χ2n) is 6.27. The lowest BCUT2D eigenvalue weighted by Crippen LogP contribution is -2.43. The van der Waals surface area contributed by atoms with Crippen molar-refractivity contribution in [3.05, 3.63) is 57.0 Å². The molecule has 0 unspecified atom stereocenters. The molecule has 5 nitrogen and oxygen atoms in total. The quantitative estimate of drug-likeness (QED) is 0.668. The monoisotopic (exact) mass is 490 g/mol. The van der Waals surface area contributed by atoms with E-state index in [-0.39, 0.29) is 17.3 Å². The van der Waals surface area contributed by atoms with Gasteiger partial charge < -0.3 is 5.32 Å². The van der Waals surface area contributed by atoms with Gasteiger partial charge >= 0.3 is 0 Å². The second kappa shape index (κ2) is 8.49. The number of nitrogens with zero attached hydrogens (tertiary/aromatic N) is 1. The maximum absolute atomic E-state index is 12.8. The topological polar surface area (TPSA) is 66.5 Å². The third-order valence-electron chi connectivity index (χ3n) is 4.39. The van der Waals surface area contributed by atoms with Crippen LogP contribution in [0.15, 0.2) is 51.8 Å². The Bertz CT molecular complexity index is 952. The van der Waals surface area contributed by atoms with Crippen molar-refractivity contribution in [2.24, 2.45) is 5.92 Å². The molecular formula is C18H17BrCl2N2O3S. The maximum atomic E-state index is 12.8. The summed E-state index contributed by atoms with van der Waals surface area (Å²) in [4.78, 5) is 12.8. The van der Waals surface area contributed by atoms with Gasteiger partial charge in [0.05, 0.1) is 15.8 Å². The number of piperidine rings is 1. The normalized spacial score (nSPS) is 18.3. The number of hydrogen-bond donors (Lipinski definition) is 1. The molecule has 1 saturated heterocycles. The van der Waals surface area contributed by atoms with E-state index >= 15 is 0 Å². The third kappa shape index (κ3) is 4.84. The Balaban J connectivity index is 1.72. The van der Waals surface area contributed by atoms with Crippen LogP contribution in [-0.2, 0) is 14.8 Å². The van der Waals surface area contributed by atoms with Crippen LogP contribution in [-0.4, -0.2) is 31.7 Å². The van der Waals surface area contributed by atoms with E-state index in [0.717, 1.165) is 4.47 Å². The van der Waals surface area contributed by atoms with Gasteiger partial charge in [0.1, 0.15) is 0 Å². The number of rotatable bonds is 4. The van der Waals surface area contributed by atoms with Crippen molar-refractivity contribution >= 4 is 60.7 Å². The first-order valence-electron chi connectivity index (χ1n) is 8.29. The molecule has 1 atom stereocenters. The second-order valence-corrected chi connectivity index (χ2v) is 9.91. The van der Waals surface area contributed by atoms with Crippen LogP contribution in [0.2, 0.25) is 10.0 Å². The minimum atomic E-state index is -3.66. The van der Waals surface area contributed by atoms with E-state index in [1.807, 2.05) is 0 Å². The summed E-state index contributed by atoms with van der Waals surface area (Å²) >= 11 is 15.2. The SMILES string of the molecule is O=C(Nc1ccc(Br)c(Cl)c1)[C@@H]1CCCN(S(=O)(=O)c2ccc(Cl)cc2)C1. The molecule has 0 aliphatic carbocycles. The first-order chi connectivity index (χ1) is 12.8. The zero-order valence-corrected chi connectivity index (χ0v) is 18.1. The largest absolute Gasteiger partial charge is 0.326 e. The van der Waals surface area contributed by atoms with E-state index in [1.165, 1.54) is 16.4 Å². The van der Waals surface area contributed by atoms with Crippen molar-refractivity contribution in [2.75, 3.05) is 18.4 Å². The summed E-state index contributed by atoms with van der Waals surface area (Å²) in [5, 5.41) is 3.78. The molecule has 2 aromatic carbocycles. The lowest BCUT2D eigenvalue weighted by atomic mass is 9.99. The summed E-state index contributed by atoms with van der Waals surface area (Å²) in [6.45, 7) is 0.528. The number of nitrogens with one attached hydrogen (secondary N) is 1. The average Bonchev–Trinajstić information content (AvgIpc) is 2.65. The van der Waals surface area contributed by atoms with E-state index in [4.69, 9.17) is 23.2 Å². The van der Waals surface area contributed by atoms with Gasteiger partial charge in [-0.05, 0) is 71.2 Å². The van der Waals surface area contributed by atoms with Crippen molar-refractivity contribution in [3.63, 3.8) is 0 Å². The molecule has 0 bridgehead atoms. The Hall–Kier alpha value is -1.12. The van der Waals surface area contributed by atoms with Gasteiger partial charge in [0, 0.05) is 28.3 Å². The van der Waals surface area contributed by atoms with E-state index < -0.39 is 15.9 Å². The summed E-state index contributed by atoms with van der Waals surface area (Å²) in [7, 11) is -3.66. The summed E-state index contributed by atoms with van der Waals surface area (Å²) in [6, 6.07) is 11.2. The van der Waals surface area contributed by atoms with Crippen LogP contribution in [0, 0.1) is 5.92 Å². The van der Waals surface area contributed by atoms with Gasteiger partial charge in [0.2, 0.25) is 15.9 Å². The number of carbonyl (C=O) groups is 1. The van der Waals surface area contributed by atoms with Gasteiger partial charge in [-0.1, -0.05) is 23.2 Å². The highest BCUT2D eigenvalue weighted by atomic mass is 79.9. The number of amides is 1. The standard InChI is InChI=1S/C18H17BrCl2N2O3S/c19-16-8-5-14(10-17(16)21)22-18(24)12-2-1-9-23(11-12)27(25,26)15-6-3-13(20)4-7-15/h3-8,10,12H,1-2,9,11H2,(H,22,24)/t12-/m1/s1. The fourth-order valence-electron chi connectivity index (χ4n) is 2.95. The van der Waals surface area contributed by atoms with Crippen molar-refractivity contribution in [1.29, 1.82) is 0 Å². The van der Waals surface area contributed by atoms with Crippen LogP contribution >= 0.6 is 39.1 Å². The van der Waals surface area contributed by atoms with E-state index in [2.05, 4.69) is 21.2 Å². The summed E-state index contributed by atoms with van der Waals surface area (Å²) in [5.74, 6) is -0.646. The summed E-state index contributed by atoms with van der Waals surface area (Å²) in [6.07, 6.45) is 1.24. The molecule has 0 spiro atoms. The van der Waals surface area contributed by atoms with Crippen molar-refractivity contribution in [2.45, 2.75) is 17.7 Å². The van der Waals surface area contributed by atoms with Gasteiger partial charge in [-0.25, -0.2) is 8.42 Å². The van der Waals surface area contributed by atoms with Gasteiger partial charge in [0.25, 0.3) is 0 Å². The number of benzene rings is 2. The van der Waals surface area contributed by atoms with E-state index in [1.54, 1.807) is 30.3 Å². The van der Waals surface area contributed by atoms with Crippen molar-refractivity contribution in [1.82, 2.24) is 4.31 Å². The Kier molecular flexibility index (Phi) is 6.48. The van der Waals surface area contributed by atoms with Gasteiger partial charge in [-0.3, -0.25) is 4.79 Å². The van der Waals surface area contributed by atoms with Crippen LogP contribution in [0.5, 0.6) is 0 Å². The Morgan fingerprint density at radius 3 is 2.52 bits per heavy atom. The fraction of sp³-hybridized carbons (Fsp3) is 0.278. The van der Waals surface area contributed by atoms with Crippen molar-refractivity contribution in [3.8, 4) is 0 Å². The van der Waals surface area contributed by atoms with Crippen LogP contribution in [0.1, 0.15) is 12.8 Å². The predicted molar refractivity (Wildman–Crippen MR) is 111 cm³/mol. The minimum absolute atomic E-state index is 0.140. The number of hydrogen-bond acceptors (Lipinski definition) is 3. The molecule has 0 radical (unpaired) electrons. The molecule has 1 aliphatic heterocycles. The predicted octanol–water partition coefficient (Wildman–Crippen LogP) is 4.80. The molecule has 1 heterocycles. The number of halogens is 3. The highest BCUT2D eigenvalue weighted by Crippen LogP contribution is 2.28. The molecule has 1 amide bonds. The highest BCUT2D eigenvalue weighted by Gasteiger charge is 2.33. The summed E-state index contributed by atoms with van der Waals surface area (Å²) < 4.78 is 27.8. The first kappa shape index (κ1) is 20.6. The van der Waals surface area contributed by atoms with Gasteiger partial charge in [-0.15, -0.1) is 0 Å². The lowest BCUT2D eigenvalue weighted by molar-refractivity contribution is -0.120. The molecule has 2 aromatic rings. The molecule has 0 saturated carbocycles. The van der Waals surface area contributed by atoms with Crippen LogP contribution in [0.4, 0.5) is 5.69 Å².